The lowest BCUT2D eigenvalue weighted by Crippen LogP contribution is -2.16. The quantitative estimate of drug-likeness (QED) is 0.853. The second kappa shape index (κ2) is 6.95. The van der Waals surface area contributed by atoms with Crippen molar-refractivity contribution in [3.05, 3.63) is 29.0 Å². The lowest BCUT2D eigenvalue weighted by Gasteiger charge is -2.03. The molecule has 20 heavy (non-hydrogen) atoms. The van der Waals surface area contributed by atoms with E-state index < -0.39 is 0 Å². The van der Waals surface area contributed by atoms with Gasteiger partial charge in [0.2, 0.25) is 11.9 Å². The van der Waals surface area contributed by atoms with Crippen LogP contribution in [0.25, 0.3) is 0 Å². The molecule has 2 rings (SSSR count). The van der Waals surface area contributed by atoms with Crippen LogP contribution in [0.3, 0.4) is 0 Å². The molecule has 0 fully saturated rings. The number of carbonyl (C=O) groups excluding carboxylic acids is 1. The molecular weight excluding hydrogens is 274 g/mol. The van der Waals surface area contributed by atoms with Gasteiger partial charge in [0.25, 0.3) is 0 Å². The van der Waals surface area contributed by atoms with Gasteiger partial charge in [0.15, 0.2) is 5.13 Å². The van der Waals surface area contributed by atoms with Crippen LogP contribution in [0.1, 0.15) is 23.9 Å². The molecule has 0 aromatic carbocycles. The first-order valence-corrected chi connectivity index (χ1v) is 7.27. The fourth-order valence-electron chi connectivity index (χ4n) is 1.67. The van der Waals surface area contributed by atoms with Gasteiger partial charge in [0, 0.05) is 30.2 Å². The van der Waals surface area contributed by atoms with E-state index in [0.717, 1.165) is 17.0 Å². The molecule has 0 radical (unpaired) electrons. The number of carbonyl (C=O) groups is 1. The summed E-state index contributed by atoms with van der Waals surface area (Å²) >= 11 is 1.51. The van der Waals surface area contributed by atoms with Crippen molar-refractivity contribution in [1.29, 1.82) is 0 Å². The predicted molar refractivity (Wildman–Crippen MR) is 80.0 cm³/mol. The molecule has 0 bridgehead atoms. The first-order valence-electron chi connectivity index (χ1n) is 6.46. The number of aromatic nitrogens is 3. The van der Waals surface area contributed by atoms with Crippen molar-refractivity contribution >= 4 is 28.3 Å². The summed E-state index contributed by atoms with van der Waals surface area (Å²) in [4.78, 5) is 25.4. The highest BCUT2D eigenvalue weighted by Gasteiger charge is 2.09. The van der Waals surface area contributed by atoms with E-state index in [-0.39, 0.29) is 5.91 Å². The molecule has 0 aliphatic heterocycles. The molecule has 0 aliphatic rings. The molecule has 2 heterocycles. The van der Waals surface area contributed by atoms with Crippen LogP contribution in [0.4, 0.5) is 11.1 Å². The highest BCUT2D eigenvalue weighted by molar-refractivity contribution is 7.15. The number of anilines is 2. The number of amides is 1. The standard InChI is InChI=1S/C13H17N5OS/c1-3-10-9(2)20-13(17-10)18-11(19)5-8-16-12-14-6-4-7-15-12/h4,6-7H,3,5,8H2,1-2H3,(H,14,15,16)(H,17,18,19). The van der Waals surface area contributed by atoms with Crippen LogP contribution in [0.15, 0.2) is 18.5 Å². The number of hydrogen-bond donors (Lipinski definition) is 2. The van der Waals surface area contributed by atoms with Gasteiger partial charge < -0.3 is 10.6 Å². The lowest BCUT2D eigenvalue weighted by atomic mass is 10.3. The molecule has 7 heteroatoms. The molecule has 2 aromatic heterocycles. The average molecular weight is 291 g/mol. The summed E-state index contributed by atoms with van der Waals surface area (Å²) in [6.45, 7) is 4.55. The van der Waals surface area contributed by atoms with Gasteiger partial charge in [-0.3, -0.25) is 4.79 Å². The van der Waals surface area contributed by atoms with Crippen LogP contribution in [-0.4, -0.2) is 27.4 Å². The van der Waals surface area contributed by atoms with Gasteiger partial charge in [-0.25, -0.2) is 15.0 Å². The van der Waals surface area contributed by atoms with E-state index in [1.165, 1.54) is 11.3 Å². The van der Waals surface area contributed by atoms with Crippen molar-refractivity contribution in [2.75, 3.05) is 17.2 Å². The minimum atomic E-state index is -0.0650. The van der Waals surface area contributed by atoms with Crippen LogP contribution in [0.2, 0.25) is 0 Å². The SMILES string of the molecule is CCc1nc(NC(=O)CCNc2ncccn2)sc1C. The number of nitrogens with one attached hydrogen (secondary N) is 2. The van der Waals surface area contributed by atoms with Gasteiger partial charge in [0.1, 0.15) is 0 Å². The van der Waals surface area contributed by atoms with E-state index in [2.05, 4.69) is 32.5 Å². The Morgan fingerprint density at radius 3 is 2.75 bits per heavy atom. The molecule has 2 N–H and O–H groups in total. The molecule has 2 aromatic rings. The molecule has 0 atom stereocenters. The first kappa shape index (κ1) is 14.4. The van der Waals surface area contributed by atoms with Crippen molar-refractivity contribution in [3.8, 4) is 0 Å². The Kier molecular flexibility index (Phi) is 5.00. The summed E-state index contributed by atoms with van der Waals surface area (Å²) in [6, 6.07) is 1.74. The van der Waals surface area contributed by atoms with E-state index in [9.17, 15) is 4.79 Å². The predicted octanol–water partition coefficient (Wildman–Crippen LogP) is 2.24. The summed E-state index contributed by atoms with van der Waals surface area (Å²) in [7, 11) is 0. The normalized spacial score (nSPS) is 10.3. The zero-order valence-electron chi connectivity index (χ0n) is 11.5. The van der Waals surface area contributed by atoms with Gasteiger partial charge in [-0.05, 0) is 19.4 Å². The molecule has 106 valence electrons. The Morgan fingerprint density at radius 2 is 2.10 bits per heavy atom. The zero-order valence-corrected chi connectivity index (χ0v) is 12.3. The van der Waals surface area contributed by atoms with Crippen molar-refractivity contribution in [3.63, 3.8) is 0 Å². The monoisotopic (exact) mass is 291 g/mol. The molecular formula is C13H17N5OS. The molecule has 6 nitrogen and oxygen atoms in total. The number of thiazole rings is 1. The topological polar surface area (TPSA) is 79.8 Å². The summed E-state index contributed by atoms with van der Waals surface area (Å²) in [5, 5.41) is 6.47. The minimum Gasteiger partial charge on any atom is -0.354 e. The summed E-state index contributed by atoms with van der Waals surface area (Å²) < 4.78 is 0. The fourth-order valence-corrected chi connectivity index (χ4v) is 2.59. The molecule has 0 saturated carbocycles. The molecule has 0 saturated heterocycles. The van der Waals surface area contributed by atoms with E-state index >= 15 is 0 Å². The first-order chi connectivity index (χ1) is 9.69. The van der Waals surface area contributed by atoms with Crippen molar-refractivity contribution < 1.29 is 4.79 Å². The van der Waals surface area contributed by atoms with Gasteiger partial charge in [-0.2, -0.15) is 0 Å². The summed E-state index contributed by atoms with van der Waals surface area (Å²) in [6.07, 6.45) is 4.53. The maximum absolute atomic E-state index is 11.8. The largest absolute Gasteiger partial charge is 0.354 e. The van der Waals surface area contributed by atoms with Crippen molar-refractivity contribution in [2.24, 2.45) is 0 Å². The Labute approximate surface area is 121 Å². The van der Waals surface area contributed by atoms with Gasteiger partial charge in [0.05, 0.1) is 5.69 Å². The lowest BCUT2D eigenvalue weighted by molar-refractivity contribution is -0.115. The Morgan fingerprint density at radius 1 is 1.35 bits per heavy atom. The third-order valence-corrected chi connectivity index (χ3v) is 3.60. The van der Waals surface area contributed by atoms with Gasteiger partial charge in [-0.15, -0.1) is 11.3 Å². The van der Waals surface area contributed by atoms with Gasteiger partial charge in [-0.1, -0.05) is 6.92 Å². The zero-order chi connectivity index (χ0) is 14.4. The Bertz CT molecular complexity index is 569. The third kappa shape index (κ3) is 3.99. The third-order valence-electron chi connectivity index (χ3n) is 2.67. The van der Waals surface area contributed by atoms with Crippen LogP contribution in [0.5, 0.6) is 0 Å². The van der Waals surface area contributed by atoms with Crippen LogP contribution in [-0.2, 0) is 11.2 Å². The summed E-state index contributed by atoms with van der Waals surface area (Å²) in [5.74, 6) is 0.462. The highest BCUT2D eigenvalue weighted by Crippen LogP contribution is 2.22. The number of hydrogen-bond acceptors (Lipinski definition) is 6. The smallest absolute Gasteiger partial charge is 0.227 e. The summed E-state index contributed by atoms with van der Waals surface area (Å²) in [5.41, 5.74) is 1.04. The minimum absolute atomic E-state index is 0.0650. The van der Waals surface area contributed by atoms with Crippen molar-refractivity contribution in [2.45, 2.75) is 26.7 Å². The maximum atomic E-state index is 11.8. The van der Waals surface area contributed by atoms with E-state index in [1.54, 1.807) is 18.5 Å². The molecule has 0 unspecified atom stereocenters. The highest BCUT2D eigenvalue weighted by atomic mass is 32.1. The number of nitrogens with zero attached hydrogens (tertiary/aromatic N) is 3. The van der Waals surface area contributed by atoms with Crippen LogP contribution < -0.4 is 10.6 Å². The van der Waals surface area contributed by atoms with Gasteiger partial charge >= 0.3 is 0 Å². The number of aryl methyl sites for hydroxylation is 2. The van der Waals surface area contributed by atoms with E-state index in [1.807, 2.05) is 6.92 Å². The average Bonchev–Trinajstić information content (AvgIpc) is 2.80. The maximum Gasteiger partial charge on any atom is 0.227 e. The Balaban J connectivity index is 1.77. The van der Waals surface area contributed by atoms with E-state index in [0.29, 0.717) is 24.0 Å². The molecule has 1 amide bonds. The van der Waals surface area contributed by atoms with Crippen molar-refractivity contribution in [1.82, 2.24) is 15.0 Å². The second-order valence-electron chi connectivity index (χ2n) is 4.17. The van der Waals surface area contributed by atoms with Crippen LogP contribution in [0, 0.1) is 6.92 Å². The Hall–Kier alpha value is -2.02. The van der Waals surface area contributed by atoms with E-state index in [4.69, 9.17) is 0 Å². The number of rotatable bonds is 6. The van der Waals surface area contributed by atoms with Crippen LogP contribution >= 0.6 is 11.3 Å². The second-order valence-corrected chi connectivity index (χ2v) is 5.38. The fraction of sp³-hybridized carbons (Fsp3) is 0.385. The molecule has 0 aliphatic carbocycles. The molecule has 0 spiro atoms.